The van der Waals surface area contributed by atoms with E-state index in [1.807, 2.05) is 0 Å². The number of imide groups is 1. The van der Waals surface area contributed by atoms with Crippen LogP contribution in [0.15, 0.2) is 42.5 Å². The van der Waals surface area contributed by atoms with Crippen molar-refractivity contribution in [1.82, 2.24) is 0 Å². The molecular weight excluding hydrogens is 410 g/mol. The van der Waals surface area contributed by atoms with Crippen LogP contribution in [0.5, 0.6) is 0 Å². The maximum absolute atomic E-state index is 12.8. The van der Waals surface area contributed by atoms with E-state index in [-0.39, 0.29) is 20.4 Å². The Bertz CT molecular complexity index is 767. The third-order valence-electron chi connectivity index (χ3n) is 3.31. The molecule has 0 saturated carbocycles. The van der Waals surface area contributed by atoms with E-state index in [1.165, 1.54) is 18.2 Å². The molecule has 0 atom stereocenters. The van der Waals surface area contributed by atoms with Crippen LogP contribution < -0.4 is 4.90 Å². The first-order valence-electron chi connectivity index (χ1n) is 6.15. The molecular formula is C15H7F3INO2. The maximum Gasteiger partial charge on any atom is 0.417 e. The third kappa shape index (κ3) is 2.29. The van der Waals surface area contributed by atoms with Gasteiger partial charge in [0.25, 0.3) is 11.8 Å². The molecule has 0 spiro atoms. The minimum absolute atomic E-state index is 0.0702. The quantitative estimate of drug-likeness (QED) is 0.518. The first-order valence-corrected chi connectivity index (χ1v) is 7.23. The molecule has 112 valence electrons. The van der Waals surface area contributed by atoms with Crippen LogP contribution in [0.2, 0.25) is 0 Å². The van der Waals surface area contributed by atoms with Crippen molar-refractivity contribution in [2.75, 3.05) is 4.90 Å². The van der Waals surface area contributed by atoms with Gasteiger partial charge in [0.15, 0.2) is 0 Å². The molecule has 0 aromatic heterocycles. The topological polar surface area (TPSA) is 37.4 Å². The van der Waals surface area contributed by atoms with E-state index in [0.29, 0.717) is 0 Å². The fraction of sp³-hybridized carbons (Fsp3) is 0.0667. The Kier molecular flexibility index (Phi) is 3.47. The number of anilines is 1. The van der Waals surface area contributed by atoms with Crippen molar-refractivity contribution in [3.05, 3.63) is 62.7 Å². The molecule has 2 amide bonds. The van der Waals surface area contributed by atoms with E-state index in [1.54, 1.807) is 34.7 Å². The normalized spacial score (nSPS) is 14.5. The Morgan fingerprint density at radius 2 is 1.45 bits per heavy atom. The summed E-state index contributed by atoms with van der Waals surface area (Å²) in [4.78, 5) is 25.5. The summed E-state index contributed by atoms with van der Waals surface area (Å²) in [7, 11) is 0. The highest BCUT2D eigenvalue weighted by molar-refractivity contribution is 14.1. The molecule has 7 heteroatoms. The summed E-state index contributed by atoms with van der Waals surface area (Å²) in [6.45, 7) is 0. The second kappa shape index (κ2) is 5.08. The number of alkyl halides is 3. The van der Waals surface area contributed by atoms with Gasteiger partial charge in [-0.05, 0) is 52.9 Å². The number of benzene rings is 2. The van der Waals surface area contributed by atoms with Gasteiger partial charge < -0.3 is 0 Å². The highest BCUT2D eigenvalue weighted by Crippen LogP contribution is 2.36. The van der Waals surface area contributed by atoms with Crippen LogP contribution in [-0.4, -0.2) is 11.8 Å². The highest BCUT2D eigenvalue weighted by atomic mass is 127. The van der Waals surface area contributed by atoms with Crippen LogP contribution in [0.3, 0.4) is 0 Å². The van der Waals surface area contributed by atoms with Crippen LogP contribution in [-0.2, 0) is 6.18 Å². The lowest BCUT2D eigenvalue weighted by Gasteiger charge is -2.16. The molecule has 0 radical (unpaired) electrons. The average Bonchev–Trinajstić information content (AvgIpc) is 2.70. The van der Waals surface area contributed by atoms with E-state index in [9.17, 15) is 22.8 Å². The molecule has 1 aliphatic heterocycles. The van der Waals surface area contributed by atoms with Gasteiger partial charge in [-0.1, -0.05) is 12.1 Å². The summed E-state index contributed by atoms with van der Waals surface area (Å²) in [5, 5.41) is 0. The monoisotopic (exact) mass is 417 g/mol. The van der Waals surface area contributed by atoms with Crippen molar-refractivity contribution in [3.63, 3.8) is 0 Å². The third-order valence-corrected chi connectivity index (χ3v) is 4.20. The molecule has 1 aliphatic rings. The first kappa shape index (κ1) is 15.0. The van der Waals surface area contributed by atoms with Crippen LogP contribution in [0.4, 0.5) is 18.9 Å². The summed E-state index contributed by atoms with van der Waals surface area (Å²) in [5.74, 6) is -1.06. The number of hydrogen-bond donors (Lipinski definition) is 0. The second-order valence-corrected chi connectivity index (χ2v) is 5.82. The molecule has 0 aliphatic carbocycles. The minimum Gasteiger partial charge on any atom is -0.268 e. The smallest absolute Gasteiger partial charge is 0.268 e. The maximum atomic E-state index is 12.8. The minimum atomic E-state index is -4.48. The molecule has 2 aromatic rings. The van der Waals surface area contributed by atoms with E-state index < -0.39 is 23.6 Å². The van der Waals surface area contributed by atoms with E-state index in [0.717, 1.165) is 17.0 Å². The molecule has 22 heavy (non-hydrogen) atoms. The fourth-order valence-corrected chi connectivity index (χ4v) is 3.10. The Morgan fingerprint density at radius 1 is 0.909 bits per heavy atom. The Balaban J connectivity index is 2.05. The molecule has 2 aromatic carbocycles. The molecule has 1 heterocycles. The van der Waals surface area contributed by atoms with Gasteiger partial charge in [0.1, 0.15) is 0 Å². The van der Waals surface area contributed by atoms with Gasteiger partial charge in [0.2, 0.25) is 0 Å². The predicted octanol–water partition coefficient (Wildman–Crippen LogP) is 4.11. The van der Waals surface area contributed by atoms with Gasteiger partial charge in [0, 0.05) is 3.57 Å². The number of carbonyl (C=O) groups excluding carboxylic acids is 2. The SMILES string of the molecule is O=C1c2ccccc2C(=O)N1c1ccc(C(F)(F)F)c(I)c1. The summed E-state index contributed by atoms with van der Waals surface area (Å²) in [6.07, 6.45) is -4.48. The van der Waals surface area contributed by atoms with Gasteiger partial charge in [0.05, 0.1) is 22.4 Å². The van der Waals surface area contributed by atoms with Crippen LogP contribution in [0.1, 0.15) is 26.3 Å². The summed E-state index contributed by atoms with van der Waals surface area (Å²) < 4.78 is 38.3. The van der Waals surface area contributed by atoms with Gasteiger partial charge >= 0.3 is 6.18 Å². The number of nitrogens with zero attached hydrogens (tertiary/aromatic N) is 1. The molecule has 0 fully saturated rings. The molecule has 3 nitrogen and oxygen atoms in total. The van der Waals surface area contributed by atoms with Crippen molar-refractivity contribution >= 4 is 40.1 Å². The summed E-state index contributed by atoms with van der Waals surface area (Å²) >= 11 is 1.54. The lowest BCUT2D eigenvalue weighted by molar-refractivity contribution is -0.138. The van der Waals surface area contributed by atoms with Gasteiger partial charge in [-0.3, -0.25) is 9.59 Å². The zero-order valence-corrected chi connectivity index (χ0v) is 13.0. The first-order chi connectivity index (χ1) is 10.3. The molecule has 0 N–H and O–H groups in total. The number of halogens is 4. The molecule has 0 bridgehead atoms. The number of fused-ring (bicyclic) bond motifs is 1. The molecule has 3 rings (SSSR count). The van der Waals surface area contributed by atoms with E-state index in [4.69, 9.17) is 0 Å². The van der Waals surface area contributed by atoms with E-state index in [2.05, 4.69) is 0 Å². The Labute approximate surface area is 136 Å². The zero-order chi connectivity index (χ0) is 16.1. The fourth-order valence-electron chi connectivity index (χ4n) is 2.30. The summed E-state index contributed by atoms with van der Waals surface area (Å²) in [5.41, 5.74) is -0.165. The van der Waals surface area contributed by atoms with Crippen LogP contribution >= 0.6 is 22.6 Å². The molecule has 0 saturated heterocycles. The molecule has 0 unspecified atom stereocenters. The van der Waals surface area contributed by atoms with Crippen molar-refractivity contribution in [1.29, 1.82) is 0 Å². The van der Waals surface area contributed by atoms with Gasteiger partial charge in [-0.25, -0.2) is 4.90 Å². The predicted molar refractivity (Wildman–Crippen MR) is 81.7 cm³/mol. The van der Waals surface area contributed by atoms with Crippen molar-refractivity contribution in [2.24, 2.45) is 0 Å². The number of rotatable bonds is 1. The number of amides is 2. The van der Waals surface area contributed by atoms with Crippen molar-refractivity contribution in [3.8, 4) is 0 Å². The van der Waals surface area contributed by atoms with Crippen LogP contribution in [0.25, 0.3) is 0 Å². The largest absolute Gasteiger partial charge is 0.417 e. The lowest BCUT2D eigenvalue weighted by atomic mass is 10.1. The van der Waals surface area contributed by atoms with Gasteiger partial charge in [-0.2, -0.15) is 13.2 Å². The highest BCUT2D eigenvalue weighted by Gasteiger charge is 2.38. The Morgan fingerprint density at radius 3 is 1.91 bits per heavy atom. The second-order valence-electron chi connectivity index (χ2n) is 4.65. The lowest BCUT2D eigenvalue weighted by Crippen LogP contribution is -2.29. The van der Waals surface area contributed by atoms with Gasteiger partial charge in [-0.15, -0.1) is 0 Å². The number of hydrogen-bond acceptors (Lipinski definition) is 2. The standard InChI is InChI=1S/C15H7F3INO2/c16-15(17,18)11-6-5-8(7-12(11)19)20-13(21)9-3-1-2-4-10(9)14(20)22/h1-7H. The average molecular weight is 417 g/mol. The van der Waals surface area contributed by atoms with Crippen molar-refractivity contribution in [2.45, 2.75) is 6.18 Å². The Hall–Kier alpha value is -1.90. The number of carbonyl (C=O) groups is 2. The van der Waals surface area contributed by atoms with Crippen LogP contribution in [0, 0.1) is 3.57 Å². The summed E-state index contributed by atoms with van der Waals surface area (Å²) in [6, 6.07) is 9.49. The zero-order valence-electron chi connectivity index (χ0n) is 10.8. The van der Waals surface area contributed by atoms with Crippen molar-refractivity contribution < 1.29 is 22.8 Å². The van der Waals surface area contributed by atoms with E-state index >= 15 is 0 Å².